The summed E-state index contributed by atoms with van der Waals surface area (Å²) in [5.41, 5.74) is 1.17. The molecule has 5 heteroatoms. The number of ether oxygens (including phenoxy) is 1. The first-order valence-electron chi connectivity index (χ1n) is 7.65. The minimum absolute atomic E-state index is 0.321. The van der Waals surface area contributed by atoms with Gasteiger partial charge in [-0.3, -0.25) is 9.59 Å². The second-order valence-corrected chi connectivity index (χ2v) is 5.98. The maximum absolute atomic E-state index is 12.6. The summed E-state index contributed by atoms with van der Waals surface area (Å²) in [5.74, 6) is 0.604. The summed E-state index contributed by atoms with van der Waals surface area (Å²) in [6.45, 7) is 0. The maximum Gasteiger partial charge on any atom is 0.266 e. The minimum atomic E-state index is -0.376. The van der Waals surface area contributed by atoms with Gasteiger partial charge < -0.3 is 4.74 Å². The first-order chi connectivity index (χ1) is 12.1. The topological polar surface area (TPSA) is 46.6 Å². The van der Waals surface area contributed by atoms with Crippen molar-refractivity contribution in [2.75, 3.05) is 4.90 Å². The Morgan fingerprint density at radius 3 is 2.08 bits per heavy atom. The number of para-hydroxylation sites is 1. The highest BCUT2D eigenvalue weighted by molar-refractivity contribution is 6.36. The Kier molecular flexibility index (Phi) is 3.75. The normalized spacial score (nSPS) is 13.1. The third kappa shape index (κ3) is 2.77. The van der Waals surface area contributed by atoms with Crippen molar-refractivity contribution in [3.05, 3.63) is 88.9 Å². The molecule has 4 rings (SSSR count). The van der Waals surface area contributed by atoms with Crippen molar-refractivity contribution in [1.82, 2.24) is 0 Å². The van der Waals surface area contributed by atoms with Crippen LogP contribution >= 0.6 is 11.6 Å². The van der Waals surface area contributed by atoms with Crippen LogP contribution in [0, 0.1) is 0 Å². The average Bonchev–Trinajstić information content (AvgIpc) is 2.87. The molecular weight excluding hydrogens is 338 g/mol. The number of halogens is 1. The van der Waals surface area contributed by atoms with E-state index in [1.165, 1.54) is 6.07 Å². The van der Waals surface area contributed by atoms with Crippen LogP contribution in [0.3, 0.4) is 0 Å². The van der Waals surface area contributed by atoms with E-state index >= 15 is 0 Å². The summed E-state index contributed by atoms with van der Waals surface area (Å²) >= 11 is 5.93. The number of rotatable bonds is 3. The largest absolute Gasteiger partial charge is 0.457 e. The molecule has 0 radical (unpaired) electrons. The summed E-state index contributed by atoms with van der Waals surface area (Å²) in [6.07, 6.45) is 0. The second kappa shape index (κ2) is 6.07. The van der Waals surface area contributed by atoms with Gasteiger partial charge in [-0.2, -0.15) is 0 Å². The van der Waals surface area contributed by atoms with Gasteiger partial charge in [0, 0.05) is 5.02 Å². The van der Waals surface area contributed by atoms with Crippen LogP contribution in [0.15, 0.2) is 72.8 Å². The summed E-state index contributed by atoms with van der Waals surface area (Å²) < 4.78 is 5.72. The molecular formula is C20H12ClNO3. The van der Waals surface area contributed by atoms with Crippen molar-refractivity contribution in [3.63, 3.8) is 0 Å². The molecule has 1 aliphatic rings. The average molecular weight is 350 g/mol. The molecule has 0 unspecified atom stereocenters. The summed E-state index contributed by atoms with van der Waals surface area (Å²) in [5, 5.41) is 0.424. The molecule has 0 aromatic heterocycles. The fourth-order valence-electron chi connectivity index (χ4n) is 2.74. The standard InChI is InChI=1S/C20H12ClNO3/c21-13-6-11-17-18(12-13)20(24)22(19(17)23)14-7-9-16(10-8-14)25-15-4-2-1-3-5-15/h1-12H. The lowest BCUT2D eigenvalue weighted by Gasteiger charge is -2.14. The quantitative estimate of drug-likeness (QED) is 0.630. The molecule has 0 fully saturated rings. The fourth-order valence-corrected chi connectivity index (χ4v) is 2.91. The monoisotopic (exact) mass is 349 g/mol. The van der Waals surface area contributed by atoms with Crippen molar-refractivity contribution in [3.8, 4) is 11.5 Å². The summed E-state index contributed by atoms with van der Waals surface area (Å²) in [6, 6.07) is 20.9. The van der Waals surface area contributed by atoms with Gasteiger partial charge in [-0.25, -0.2) is 4.90 Å². The van der Waals surface area contributed by atoms with E-state index in [9.17, 15) is 9.59 Å². The molecule has 0 N–H and O–H groups in total. The number of anilines is 1. The fraction of sp³-hybridized carbons (Fsp3) is 0. The summed E-state index contributed by atoms with van der Waals surface area (Å²) in [7, 11) is 0. The molecule has 0 aliphatic carbocycles. The van der Waals surface area contributed by atoms with Crippen molar-refractivity contribution in [1.29, 1.82) is 0 Å². The highest BCUT2D eigenvalue weighted by Gasteiger charge is 2.36. The number of benzene rings is 3. The Balaban J connectivity index is 1.61. The highest BCUT2D eigenvalue weighted by atomic mass is 35.5. The maximum atomic E-state index is 12.6. The Morgan fingerprint density at radius 1 is 0.720 bits per heavy atom. The molecule has 2 amide bonds. The van der Waals surface area contributed by atoms with Crippen LogP contribution < -0.4 is 9.64 Å². The van der Waals surface area contributed by atoms with Gasteiger partial charge in [0.25, 0.3) is 11.8 Å². The van der Waals surface area contributed by atoms with Crippen LogP contribution in [-0.4, -0.2) is 11.8 Å². The van der Waals surface area contributed by atoms with Gasteiger partial charge >= 0.3 is 0 Å². The molecule has 4 nitrogen and oxygen atoms in total. The third-order valence-electron chi connectivity index (χ3n) is 3.92. The summed E-state index contributed by atoms with van der Waals surface area (Å²) in [4.78, 5) is 26.2. The molecule has 0 bridgehead atoms. The minimum Gasteiger partial charge on any atom is -0.457 e. The molecule has 25 heavy (non-hydrogen) atoms. The van der Waals surface area contributed by atoms with Gasteiger partial charge in [0.1, 0.15) is 11.5 Å². The number of imide groups is 1. The zero-order chi connectivity index (χ0) is 17.4. The number of carbonyl (C=O) groups excluding carboxylic acids is 2. The number of hydrogen-bond acceptors (Lipinski definition) is 3. The van der Waals surface area contributed by atoms with E-state index in [0.29, 0.717) is 33.3 Å². The van der Waals surface area contributed by atoms with Gasteiger partial charge in [-0.05, 0) is 54.6 Å². The highest BCUT2D eigenvalue weighted by Crippen LogP contribution is 2.31. The number of nitrogens with zero attached hydrogens (tertiary/aromatic N) is 1. The molecule has 0 saturated heterocycles. The molecule has 3 aromatic rings. The zero-order valence-electron chi connectivity index (χ0n) is 13.0. The van der Waals surface area contributed by atoms with E-state index in [1.54, 1.807) is 36.4 Å². The van der Waals surface area contributed by atoms with E-state index in [2.05, 4.69) is 0 Å². The molecule has 1 heterocycles. The van der Waals surface area contributed by atoms with Crippen LogP contribution in [0.2, 0.25) is 5.02 Å². The molecule has 1 aliphatic heterocycles. The van der Waals surface area contributed by atoms with Crippen molar-refractivity contribution >= 4 is 29.1 Å². The van der Waals surface area contributed by atoms with Gasteiger partial charge in [0.15, 0.2) is 0 Å². The van der Waals surface area contributed by atoms with E-state index in [4.69, 9.17) is 16.3 Å². The van der Waals surface area contributed by atoms with Crippen molar-refractivity contribution in [2.24, 2.45) is 0 Å². The van der Waals surface area contributed by atoms with Crippen LogP contribution in [0.25, 0.3) is 0 Å². The number of carbonyl (C=O) groups is 2. The van der Waals surface area contributed by atoms with E-state index in [1.807, 2.05) is 30.3 Å². The lowest BCUT2D eigenvalue weighted by molar-refractivity contribution is 0.0926. The molecule has 122 valence electrons. The number of hydrogen-bond donors (Lipinski definition) is 0. The van der Waals surface area contributed by atoms with Crippen molar-refractivity contribution < 1.29 is 14.3 Å². The second-order valence-electron chi connectivity index (χ2n) is 5.54. The first kappa shape index (κ1) is 15.4. The predicted octanol–water partition coefficient (Wildman–Crippen LogP) is 4.93. The lowest BCUT2D eigenvalue weighted by atomic mass is 10.1. The Bertz CT molecular complexity index is 968. The molecule has 0 spiro atoms. The molecule has 3 aromatic carbocycles. The van der Waals surface area contributed by atoms with E-state index in [0.717, 1.165) is 4.90 Å². The van der Waals surface area contributed by atoms with Gasteiger partial charge in [0.05, 0.1) is 16.8 Å². The number of amides is 2. The molecule has 0 saturated carbocycles. The van der Waals surface area contributed by atoms with Crippen LogP contribution in [0.5, 0.6) is 11.5 Å². The zero-order valence-corrected chi connectivity index (χ0v) is 13.7. The molecule has 0 atom stereocenters. The van der Waals surface area contributed by atoms with Gasteiger partial charge in [-0.15, -0.1) is 0 Å². The third-order valence-corrected chi connectivity index (χ3v) is 4.16. The Labute approximate surface area is 149 Å². The van der Waals surface area contributed by atoms with Crippen LogP contribution in [-0.2, 0) is 0 Å². The van der Waals surface area contributed by atoms with Crippen LogP contribution in [0.4, 0.5) is 5.69 Å². The van der Waals surface area contributed by atoms with E-state index in [-0.39, 0.29) is 11.8 Å². The lowest BCUT2D eigenvalue weighted by Crippen LogP contribution is -2.29. The predicted molar refractivity (Wildman–Crippen MR) is 95.6 cm³/mol. The van der Waals surface area contributed by atoms with Crippen molar-refractivity contribution in [2.45, 2.75) is 0 Å². The first-order valence-corrected chi connectivity index (χ1v) is 8.02. The Morgan fingerprint density at radius 2 is 1.36 bits per heavy atom. The Hall–Kier alpha value is -3.11. The van der Waals surface area contributed by atoms with E-state index < -0.39 is 0 Å². The van der Waals surface area contributed by atoms with Crippen LogP contribution in [0.1, 0.15) is 20.7 Å². The van der Waals surface area contributed by atoms with Gasteiger partial charge in [0.2, 0.25) is 0 Å². The van der Waals surface area contributed by atoms with Gasteiger partial charge in [-0.1, -0.05) is 29.8 Å². The smallest absolute Gasteiger partial charge is 0.266 e. The SMILES string of the molecule is O=C1c2ccc(Cl)cc2C(=O)N1c1ccc(Oc2ccccc2)cc1. The number of fused-ring (bicyclic) bond motifs is 1.